The van der Waals surface area contributed by atoms with E-state index in [1.165, 1.54) is 18.2 Å². The van der Waals surface area contributed by atoms with Crippen molar-refractivity contribution in [1.82, 2.24) is 0 Å². The van der Waals surface area contributed by atoms with Crippen LogP contribution < -0.4 is 10.1 Å². The van der Waals surface area contributed by atoms with Crippen LogP contribution >= 0.6 is 15.9 Å². The number of phenolic OH excluding ortho intramolecular Hbond substituents is 1. The first kappa shape index (κ1) is 19.5. The molecule has 0 radical (unpaired) electrons. The van der Waals surface area contributed by atoms with Gasteiger partial charge in [-0.15, -0.1) is 0 Å². The largest absolute Gasteiger partial charge is 0.508 e. The van der Waals surface area contributed by atoms with Crippen molar-refractivity contribution in [2.24, 2.45) is 0 Å². The number of nitriles is 1. The molecular weight excluding hydrogens is 396 g/mol. The molecule has 5 nitrogen and oxygen atoms in total. The van der Waals surface area contributed by atoms with E-state index in [2.05, 4.69) is 21.2 Å². The monoisotopic (exact) mass is 414 g/mol. The molecular formula is C20H19BrN2O3. The zero-order valence-electron chi connectivity index (χ0n) is 14.5. The van der Waals surface area contributed by atoms with E-state index in [9.17, 15) is 15.2 Å². The Balaban J connectivity index is 2.17. The maximum atomic E-state index is 12.3. The van der Waals surface area contributed by atoms with E-state index in [-0.39, 0.29) is 17.4 Å². The summed E-state index contributed by atoms with van der Waals surface area (Å²) in [5.74, 6) is 0.293. The molecule has 0 saturated carbocycles. The Morgan fingerprint density at radius 3 is 2.62 bits per heavy atom. The number of anilines is 1. The number of amides is 1. The van der Waals surface area contributed by atoms with E-state index in [0.717, 1.165) is 10.9 Å². The maximum Gasteiger partial charge on any atom is 0.266 e. The Morgan fingerprint density at radius 2 is 2.04 bits per heavy atom. The van der Waals surface area contributed by atoms with Crippen LogP contribution in [0.15, 0.2) is 52.5 Å². The van der Waals surface area contributed by atoms with Crippen LogP contribution in [0.25, 0.3) is 6.08 Å². The third-order valence-electron chi connectivity index (χ3n) is 3.66. The van der Waals surface area contributed by atoms with Gasteiger partial charge in [0.2, 0.25) is 0 Å². The highest BCUT2D eigenvalue weighted by Crippen LogP contribution is 2.28. The second-order valence-corrected chi connectivity index (χ2v) is 6.55. The predicted molar refractivity (Wildman–Crippen MR) is 105 cm³/mol. The van der Waals surface area contributed by atoms with E-state index in [1.54, 1.807) is 30.3 Å². The lowest BCUT2D eigenvalue weighted by Crippen LogP contribution is -2.13. The van der Waals surface area contributed by atoms with E-state index in [1.807, 2.05) is 19.9 Å². The first-order valence-electron chi connectivity index (χ1n) is 8.11. The molecule has 1 atom stereocenters. The van der Waals surface area contributed by atoms with Gasteiger partial charge >= 0.3 is 0 Å². The van der Waals surface area contributed by atoms with Crippen molar-refractivity contribution in [2.45, 2.75) is 26.4 Å². The molecule has 0 saturated heterocycles. The molecule has 134 valence electrons. The summed E-state index contributed by atoms with van der Waals surface area (Å²) in [6.45, 7) is 4.03. The third kappa shape index (κ3) is 5.36. The van der Waals surface area contributed by atoms with Gasteiger partial charge in [-0.3, -0.25) is 4.79 Å². The molecule has 0 aliphatic carbocycles. The average molecular weight is 415 g/mol. The Morgan fingerprint density at radius 1 is 1.35 bits per heavy atom. The molecule has 26 heavy (non-hydrogen) atoms. The molecule has 2 N–H and O–H groups in total. The maximum absolute atomic E-state index is 12.3. The van der Waals surface area contributed by atoms with Gasteiger partial charge in [-0.25, -0.2) is 0 Å². The summed E-state index contributed by atoms with van der Waals surface area (Å²) in [6.07, 6.45) is 2.50. The van der Waals surface area contributed by atoms with Gasteiger partial charge in [0.25, 0.3) is 5.91 Å². The minimum absolute atomic E-state index is 0.0273. The topological polar surface area (TPSA) is 82.3 Å². The molecule has 0 aliphatic rings. The number of nitrogens with zero attached hydrogens (tertiary/aromatic N) is 1. The number of aromatic hydroxyl groups is 1. The Labute approximate surface area is 161 Å². The van der Waals surface area contributed by atoms with Gasteiger partial charge in [-0.1, -0.05) is 13.0 Å². The van der Waals surface area contributed by atoms with Crippen LogP contribution in [0.3, 0.4) is 0 Å². The van der Waals surface area contributed by atoms with Crippen molar-refractivity contribution in [3.05, 3.63) is 58.1 Å². The Kier molecular flexibility index (Phi) is 6.81. The Hall–Kier alpha value is -2.78. The lowest BCUT2D eigenvalue weighted by Gasteiger charge is -2.14. The van der Waals surface area contributed by atoms with Crippen LogP contribution in [0.1, 0.15) is 25.8 Å². The zero-order chi connectivity index (χ0) is 19.1. The number of ether oxygens (including phenoxy) is 1. The van der Waals surface area contributed by atoms with Crippen LogP contribution in [0, 0.1) is 11.3 Å². The molecule has 0 aliphatic heterocycles. The van der Waals surface area contributed by atoms with E-state index in [0.29, 0.717) is 17.0 Å². The van der Waals surface area contributed by atoms with Crippen molar-refractivity contribution in [3.63, 3.8) is 0 Å². The summed E-state index contributed by atoms with van der Waals surface area (Å²) in [4.78, 5) is 12.3. The van der Waals surface area contributed by atoms with E-state index < -0.39 is 5.91 Å². The number of phenols is 1. The fraction of sp³-hybridized carbons (Fsp3) is 0.200. The number of rotatable bonds is 6. The van der Waals surface area contributed by atoms with Gasteiger partial charge in [0, 0.05) is 5.69 Å². The number of hydrogen-bond donors (Lipinski definition) is 2. The minimum Gasteiger partial charge on any atom is -0.508 e. The summed E-state index contributed by atoms with van der Waals surface area (Å²) < 4.78 is 6.54. The fourth-order valence-electron chi connectivity index (χ4n) is 2.06. The summed E-state index contributed by atoms with van der Waals surface area (Å²) in [5, 5.41) is 21.2. The molecule has 0 bridgehead atoms. The zero-order valence-corrected chi connectivity index (χ0v) is 16.1. The second kappa shape index (κ2) is 9.07. The highest BCUT2D eigenvalue weighted by Gasteiger charge is 2.11. The molecule has 2 rings (SSSR count). The quantitative estimate of drug-likeness (QED) is 0.400. The average Bonchev–Trinajstić information content (AvgIpc) is 2.63. The number of benzene rings is 2. The summed E-state index contributed by atoms with van der Waals surface area (Å²) in [6, 6.07) is 13.3. The van der Waals surface area contributed by atoms with Crippen molar-refractivity contribution in [1.29, 1.82) is 5.26 Å². The van der Waals surface area contributed by atoms with Gasteiger partial charge < -0.3 is 15.2 Å². The van der Waals surface area contributed by atoms with Gasteiger partial charge in [0.15, 0.2) is 0 Å². The molecule has 0 heterocycles. The van der Waals surface area contributed by atoms with E-state index in [4.69, 9.17) is 4.74 Å². The molecule has 0 spiro atoms. The summed E-state index contributed by atoms with van der Waals surface area (Å²) >= 11 is 3.45. The molecule has 0 unspecified atom stereocenters. The van der Waals surface area contributed by atoms with Gasteiger partial charge in [-0.2, -0.15) is 5.26 Å². The molecule has 6 heteroatoms. The number of carbonyl (C=O) groups excluding carboxylic acids is 1. The van der Waals surface area contributed by atoms with Crippen LogP contribution in [-0.4, -0.2) is 17.1 Å². The highest BCUT2D eigenvalue weighted by molar-refractivity contribution is 9.10. The van der Waals surface area contributed by atoms with Gasteiger partial charge in [0.1, 0.15) is 23.1 Å². The molecule has 1 amide bonds. The van der Waals surface area contributed by atoms with Crippen LogP contribution in [0.4, 0.5) is 5.69 Å². The van der Waals surface area contributed by atoms with Crippen LogP contribution in [0.5, 0.6) is 11.5 Å². The van der Waals surface area contributed by atoms with Crippen LogP contribution in [0.2, 0.25) is 0 Å². The summed E-state index contributed by atoms with van der Waals surface area (Å²) in [5.41, 5.74) is 1.17. The third-order valence-corrected chi connectivity index (χ3v) is 4.28. The molecule has 2 aromatic carbocycles. The second-order valence-electron chi connectivity index (χ2n) is 5.70. The minimum atomic E-state index is -0.519. The van der Waals surface area contributed by atoms with Crippen molar-refractivity contribution < 1.29 is 14.6 Å². The highest BCUT2D eigenvalue weighted by atomic mass is 79.9. The van der Waals surface area contributed by atoms with Crippen LogP contribution in [-0.2, 0) is 4.79 Å². The first-order chi connectivity index (χ1) is 12.4. The predicted octanol–water partition coefficient (Wildman–Crippen LogP) is 4.88. The lowest BCUT2D eigenvalue weighted by atomic mass is 10.1. The number of halogens is 1. The van der Waals surface area contributed by atoms with Crippen molar-refractivity contribution in [3.8, 4) is 17.6 Å². The first-order valence-corrected chi connectivity index (χ1v) is 8.90. The standard InChI is InChI=1S/C20H19BrN2O3/c1-3-13(2)26-19-9-4-14(11-18(19)21)10-15(12-22)20(25)23-16-5-7-17(24)8-6-16/h4-11,13,24H,3H2,1-2H3,(H,23,25)/b15-10-/t13-/m1/s1. The Bertz CT molecular complexity index is 854. The number of hydrogen-bond acceptors (Lipinski definition) is 4. The lowest BCUT2D eigenvalue weighted by molar-refractivity contribution is -0.112. The van der Waals surface area contributed by atoms with Gasteiger partial charge in [-0.05, 0) is 77.3 Å². The number of carbonyl (C=O) groups is 1. The summed E-state index contributed by atoms with van der Waals surface area (Å²) in [7, 11) is 0. The van der Waals surface area contributed by atoms with Crippen molar-refractivity contribution >= 4 is 33.6 Å². The smallest absolute Gasteiger partial charge is 0.266 e. The van der Waals surface area contributed by atoms with Gasteiger partial charge in [0.05, 0.1) is 10.6 Å². The number of nitrogens with one attached hydrogen (secondary N) is 1. The van der Waals surface area contributed by atoms with Crippen molar-refractivity contribution in [2.75, 3.05) is 5.32 Å². The molecule has 0 fully saturated rings. The molecule has 0 aromatic heterocycles. The SMILES string of the molecule is CC[C@@H](C)Oc1ccc(/C=C(/C#N)C(=O)Nc2ccc(O)cc2)cc1Br. The molecule has 2 aromatic rings. The normalized spacial score (nSPS) is 12.2. The van der Waals surface area contributed by atoms with E-state index >= 15 is 0 Å². The fourth-order valence-corrected chi connectivity index (χ4v) is 2.55.